The number of carbonyl (C=O) groups excluding carboxylic acids is 1. The molecule has 2 aromatic rings. The van der Waals surface area contributed by atoms with Gasteiger partial charge in [-0.3, -0.25) is 4.79 Å². The molecule has 0 bridgehead atoms. The van der Waals surface area contributed by atoms with Crippen molar-refractivity contribution in [3.8, 4) is 17.3 Å². The van der Waals surface area contributed by atoms with Crippen LogP contribution in [0.2, 0.25) is 5.02 Å². The highest BCUT2D eigenvalue weighted by Gasteiger charge is 2.40. The monoisotopic (exact) mass is 419 g/mol. The first-order chi connectivity index (χ1) is 11.2. The van der Waals surface area contributed by atoms with E-state index in [1.54, 1.807) is 6.07 Å². The molecule has 24 heavy (non-hydrogen) atoms. The van der Waals surface area contributed by atoms with Gasteiger partial charge in [-0.15, -0.1) is 0 Å². The zero-order valence-electron chi connectivity index (χ0n) is 12.2. The van der Waals surface area contributed by atoms with Crippen LogP contribution in [0.4, 0.5) is 13.2 Å². The first-order valence-corrected chi connectivity index (χ1v) is 7.73. The Hall–Kier alpha value is -1.98. The van der Waals surface area contributed by atoms with Gasteiger partial charge in [0.15, 0.2) is 0 Å². The molecule has 0 atom stereocenters. The van der Waals surface area contributed by atoms with Crippen molar-refractivity contribution < 1.29 is 18.0 Å². The molecule has 0 aliphatic rings. The lowest BCUT2D eigenvalue weighted by Crippen LogP contribution is -2.27. The highest BCUT2D eigenvalue weighted by atomic mass is 79.9. The zero-order valence-corrected chi connectivity index (χ0v) is 14.6. The van der Waals surface area contributed by atoms with E-state index >= 15 is 0 Å². The van der Waals surface area contributed by atoms with Crippen LogP contribution in [0.25, 0.3) is 11.3 Å². The van der Waals surface area contributed by atoms with E-state index in [2.05, 4.69) is 21.2 Å². The van der Waals surface area contributed by atoms with Crippen LogP contribution in [0.5, 0.6) is 0 Å². The molecule has 0 aliphatic carbocycles. The SMILES string of the molecule is CC(=O)NCn1c(-c2ccc(Cl)cc2)c(C#N)c(Br)c1C(F)(F)F. The molecule has 0 spiro atoms. The van der Waals surface area contributed by atoms with Gasteiger partial charge in [0.05, 0.1) is 22.4 Å². The van der Waals surface area contributed by atoms with E-state index in [-0.39, 0.29) is 15.7 Å². The molecule has 0 saturated carbocycles. The number of hydrogen-bond acceptors (Lipinski definition) is 2. The second-order valence-electron chi connectivity index (χ2n) is 4.82. The van der Waals surface area contributed by atoms with Crippen LogP contribution in [0.15, 0.2) is 28.7 Å². The number of rotatable bonds is 3. The quantitative estimate of drug-likeness (QED) is 0.792. The third kappa shape index (κ3) is 3.57. The van der Waals surface area contributed by atoms with Crippen LogP contribution >= 0.6 is 27.5 Å². The Morgan fingerprint density at radius 3 is 2.42 bits per heavy atom. The summed E-state index contributed by atoms with van der Waals surface area (Å²) in [4.78, 5) is 11.1. The molecule has 1 aromatic carbocycles. The van der Waals surface area contributed by atoms with E-state index in [9.17, 15) is 23.2 Å². The molecule has 1 heterocycles. The lowest BCUT2D eigenvalue weighted by atomic mass is 10.1. The maximum absolute atomic E-state index is 13.4. The van der Waals surface area contributed by atoms with E-state index in [4.69, 9.17) is 11.6 Å². The highest BCUT2D eigenvalue weighted by molar-refractivity contribution is 9.10. The predicted octanol–water partition coefficient (Wildman–Crippen LogP) is 4.56. The number of hydrogen-bond donors (Lipinski definition) is 1. The normalized spacial score (nSPS) is 11.2. The molecule has 1 aromatic heterocycles. The topological polar surface area (TPSA) is 57.8 Å². The van der Waals surface area contributed by atoms with Gasteiger partial charge in [-0.2, -0.15) is 18.4 Å². The number of aromatic nitrogens is 1. The fourth-order valence-corrected chi connectivity index (χ4v) is 3.06. The van der Waals surface area contributed by atoms with Crippen molar-refractivity contribution in [3.05, 3.63) is 45.0 Å². The number of nitrogens with zero attached hydrogens (tertiary/aromatic N) is 2. The standard InChI is InChI=1S/C15H10BrClF3N3O/c1-8(24)22-7-23-13(9-2-4-10(17)5-3-9)11(6-21)12(16)14(23)15(18,19)20/h2-5H,7H2,1H3,(H,22,24). The third-order valence-electron chi connectivity index (χ3n) is 3.19. The molecule has 9 heteroatoms. The van der Waals surface area contributed by atoms with Gasteiger partial charge in [-0.25, -0.2) is 0 Å². The Balaban J connectivity index is 2.77. The molecule has 0 saturated heterocycles. The minimum atomic E-state index is -4.71. The number of carbonyl (C=O) groups is 1. The van der Waals surface area contributed by atoms with Crippen molar-refractivity contribution in [2.75, 3.05) is 0 Å². The molecule has 126 valence electrons. The van der Waals surface area contributed by atoms with Gasteiger partial charge in [0, 0.05) is 11.9 Å². The molecule has 1 amide bonds. The molecule has 0 unspecified atom stereocenters. The van der Waals surface area contributed by atoms with Crippen molar-refractivity contribution >= 4 is 33.4 Å². The lowest BCUT2D eigenvalue weighted by molar-refractivity contribution is -0.144. The Bertz CT molecular complexity index is 822. The van der Waals surface area contributed by atoms with Gasteiger partial charge in [-0.1, -0.05) is 23.7 Å². The van der Waals surface area contributed by atoms with Gasteiger partial charge < -0.3 is 9.88 Å². The van der Waals surface area contributed by atoms with Gasteiger partial charge in [-0.05, 0) is 33.6 Å². The summed E-state index contributed by atoms with van der Waals surface area (Å²) in [7, 11) is 0. The molecule has 1 N–H and O–H groups in total. The summed E-state index contributed by atoms with van der Waals surface area (Å²) < 4.78 is 40.8. The minimum absolute atomic E-state index is 0.0436. The van der Waals surface area contributed by atoms with Crippen LogP contribution in [-0.2, 0) is 17.6 Å². The second kappa shape index (κ2) is 6.87. The Morgan fingerprint density at radius 1 is 1.38 bits per heavy atom. The molecule has 0 fully saturated rings. The predicted molar refractivity (Wildman–Crippen MR) is 86.1 cm³/mol. The third-order valence-corrected chi connectivity index (χ3v) is 4.21. The van der Waals surface area contributed by atoms with E-state index < -0.39 is 24.4 Å². The first kappa shape index (κ1) is 18.4. The van der Waals surface area contributed by atoms with Gasteiger partial charge in [0.2, 0.25) is 5.91 Å². The molecule has 0 radical (unpaired) electrons. The smallest absolute Gasteiger partial charge is 0.338 e. The summed E-state index contributed by atoms with van der Waals surface area (Å²) in [5, 5.41) is 12.1. The van der Waals surface area contributed by atoms with Gasteiger partial charge in [0.1, 0.15) is 11.8 Å². The molecular formula is C15H10BrClF3N3O. The maximum Gasteiger partial charge on any atom is 0.432 e. The fraction of sp³-hybridized carbons (Fsp3) is 0.200. The van der Waals surface area contributed by atoms with Crippen LogP contribution < -0.4 is 5.32 Å². The Labute approximate surface area is 149 Å². The summed E-state index contributed by atoms with van der Waals surface area (Å²) in [6.07, 6.45) is -4.71. The number of halogens is 5. The maximum atomic E-state index is 13.4. The summed E-state index contributed by atoms with van der Waals surface area (Å²) in [6.45, 7) is 0.765. The molecule has 0 aliphatic heterocycles. The largest absolute Gasteiger partial charge is 0.432 e. The zero-order chi connectivity index (χ0) is 18.1. The van der Waals surface area contributed by atoms with Crippen molar-refractivity contribution in [2.45, 2.75) is 19.8 Å². The van der Waals surface area contributed by atoms with Crippen LogP contribution in [0.1, 0.15) is 18.2 Å². The van der Waals surface area contributed by atoms with E-state index in [1.165, 1.54) is 31.2 Å². The van der Waals surface area contributed by atoms with Crippen LogP contribution in [0, 0.1) is 11.3 Å². The number of nitrogens with one attached hydrogen (secondary N) is 1. The summed E-state index contributed by atoms with van der Waals surface area (Å²) >= 11 is 8.67. The summed E-state index contributed by atoms with van der Waals surface area (Å²) in [5.41, 5.74) is -0.799. The first-order valence-electron chi connectivity index (χ1n) is 6.56. The minimum Gasteiger partial charge on any atom is -0.338 e. The number of amides is 1. The molecule has 2 rings (SSSR count). The Morgan fingerprint density at radius 2 is 1.96 bits per heavy atom. The molecular weight excluding hydrogens is 411 g/mol. The van der Waals surface area contributed by atoms with Crippen LogP contribution in [0.3, 0.4) is 0 Å². The number of alkyl halides is 3. The van der Waals surface area contributed by atoms with Gasteiger partial charge >= 0.3 is 6.18 Å². The van der Waals surface area contributed by atoms with Crippen LogP contribution in [-0.4, -0.2) is 10.5 Å². The summed E-state index contributed by atoms with van der Waals surface area (Å²) in [6, 6.07) is 7.82. The van der Waals surface area contributed by atoms with Gasteiger partial charge in [0.25, 0.3) is 0 Å². The van der Waals surface area contributed by atoms with E-state index in [0.717, 1.165) is 4.57 Å². The fourth-order valence-electron chi connectivity index (χ4n) is 2.22. The number of benzene rings is 1. The average molecular weight is 421 g/mol. The Kier molecular flexibility index (Phi) is 5.26. The lowest BCUT2D eigenvalue weighted by Gasteiger charge is -2.16. The second-order valence-corrected chi connectivity index (χ2v) is 6.05. The molecule has 4 nitrogen and oxygen atoms in total. The van der Waals surface area contributed by atoms with Crippen molar-refractivity contribution in [2.24, 2.45) is 0 Å². The highest BCUT2D eigenvalue weighted by Crippen LogP contribution is 2.43. The van der Waals surface area contributed by atoms with Crippen molar-refractivity contribution in [3.63, 3.8) is 0 Å². The van der Waals surface area contributed by atoms with Crippen molar-refractivity contribution in [1.29, 1.82) is 5.26 Å². The van der Waals surface area contributed by atoms with E-state index in [0.29, 0.717) is 10.6 Å². The number of nitriles is 1. The summed E-state index contributed by atoms with van der Waals surface area (Å²) in [5.74, 6) is -0.492. The average Bonchev–Trinajstić information content (AvgIpc) is 2.77. The van der Waals surface area contributed by atoms with E-state index in [1.807, 2.05) is 0 Å². The van der Waals surface area contributed by atoms with Crippen molar-refractivity contribution in [1.82, 2.24) is 9.88 Å².